The maximum Gasteiger partial charge on any atom is 0.146 e. The highest BCUT2D eigenvalue weighted by Crippen LogP contribution is 2.30. The molecular weight excluding hydrogens is 306 g/mol. The van der Waals surface area contributed by atoms with Crippen LogP contribution in [0.5, 0.6) is 11.5 Å². The molecule has 3 rings (SSSR count). The van der Waals surface area contributed by atoms with Crippen molar-refractivity contribution in [2.75, 3.05) is 19.6 Å². The number of likely N-dealkylation sites (tertiary alicyclic amines) is 1. The SMILES string of the molecule is CC(CCN1CCCC1)c1ccc(Oc2ccccc2Cl)cc1. The highest BCUT2D eigenvalue weighted by molar-refractivity contribution is 6.32. The van der Waals surface area contributed by atoms with E-state index in [-0.39, 0.29) is 0 Å². The second kappa shape index (κ2) is 7.85. The smallest absolute Gasteiger partial charge is 0.146 e. The topological polar surface area (TPSA) is 12.5 Å². The van der Waals surface area contributed by atoms with Crippen LogP contribution < -0.4 is 4.74 Å². The highest BCUT2D eigenvalue weighted by Gasteiger charge is 2.13. The lowest BCUT2D eigenvalue weighted by Crippen LogP contribution is -2.21. The molecule has 0 spiro atoms. The van der Waals surface area contributed by atoms with Crippen LogP contribution >= 0.6 is 11.6 Å². The molecule has 0 bridgehead atoms. The largest absolute Gasteiger partial charge is 0.456 e. The molecule has 2 aromatic rings. The molecule has 1 aliphatic heterocycles. The molecule has 122 valence electrons. The monoisotopic (exact) mass is 329 g/mol. The summed E-state index contributed by atoms with van der Waals surface area (Å²) in [6.07, 6.45) is 3.94. The number of rotatable bonds is 6. The van der Waals surface area contributed by atoms with Crippen LogP contribution in [-0.2, 0) is 0 Å². The number of hydrogen-bond acceptors (Lipinski definition) is 2. The van der Waals surface area contributed by atoms with Crippen molar-refractivity contribution in [2.24, 2.45) is 0 Å². The number of benzene rings is 2. The standard InChI is InChI=1S/C20H24ClNO/c1-16(12-15-22-13-4-5-14-22)17-8-10-18(11-9-17)23-20-7-3-2-6-19(20)21/h2-3,6-11,16H,4-5,12-15H2,1H3. The Morgan fingerprint density at radius 2 is 1.74 bits per heavy atom. The van der Waals surface area contributed by atoms with Crippen molar-refractivity contribution < 1.29 is 4.74 Å². The Labute approximate surface area is 144 Å². The summed E-state index contributed by atoms with van der Waals surface area (Å²) in [6, 6.07) is 16.0. The van der Waals surface area contributed by atoms with Crippen molar-refractivity contribution in [3.05, 3.63) is 59.1 Å². The Bertz CT molecular complexity index is 620. The van der Waals surface area contributed by atoms with E-state index in [0.29, 0.717) is 16.7 Å². The van der Waals surface area contributed by atoms with Gasteiger partial charge in [0.25, 0.3) is 0 Å². The summed E-state index contributed by atoms with van der Waals surface area (Å²) in [5.74, 6) is 2.10. The molecular formula is C20H24ClNO. The van der Waals surface area contributed by atoms with Crippen molar-refractivity contribution >= 4 is 11.6 Å². The van der Waals surface area contributed by atoms with Crippen molar-refractivity contribution in [1.29, 1.82) is 0 Å². The first-order valence-electron chi connectivity index (χ1n) is 8.47. The highest BCUT2D eigenvalue weighted by atomic mass is 35.5. The van der Waals surface area contributed by atoms with E-state index < -0.39 is 0 Å². The lowest BCUT2D eigenvalue weighted by Gasteiger charge is -2.18. The average molecular weight is 330 g/mol. The summed E-state index contributed by atoms with van der Waals surface area (Å²) >= 11 is 6.13. The van der Waals surface area contributed by atoms with E-state index in [1.54, 1.807) is 0 Å². The molecule has 0 aromatic heterocycles. The lowest BCUT2D eigenvalue weighted by molar-refractivity contribution is 0.324. The van der Waals surface area contributed by atoms with Crippen LogP contribution in [0.25, 0.3) is 0 Å². The average Bonchev–Trinajstić information content (AvgIpc) is 3.09. The van der Waals surface area contributed by atoms with Gasteiger partial charge in [-0.15, -0.1) is 0 Å². The van der Waals surface area contributed by atoms with Gasteiger partial charge in [-0.2, -0.15) is 0 Å². The molecule has 0 radical (unpaired) electrons. The number of hydrogen-bond donors (Lipinski definition) is 0. The molecule has 1 unspecified atom stereocenters. The van der Waals surface area contributed by atoms with Gasteiger partial charge in [-0.25, -0.2) is 0 Å². The zero-order valence-corrected chi connectivity index (χ0v) is 14.4. The Hall–Kier alpha value is -1.51. The van der Waals surface area contributed by atoms with Crippen LogP contribution in [-0.4, -0.2) is 24.5 Å². The molecule has 3 heteroatoms. The van der Waals surface area contributed by atoms with Crippen LogP contribution in [0.2, 0.25) is 5.02 Å². The van der Waals surface area contributed by atoms with Gasteiger partial charge in [0.05, 0.1) is 5.02 Å². The van der Waals surface area contributed by atoms with Crippen LogP contribution in [0.1, 0.15) is 37.7 Å². The third kappa shape index (κ3) is 4.49. The van der Waals surface area contributed by atoms with Crippen molar-refractivity contribution in [2.45, 2.75) is 32.1 Å². The summed E-state index contributed by atoms with van der Waals surface area (Å²) in [4.78, 5) is 2.57. The molecule has 2 nitrogen and oxygen atoms in total. The minimum Gasteiger partial charge on any atom is -0.456 e. The summed E-state index contributed by atoms with van der Waals surface area (Å²) in [7, 11) is 0. The minimum absolute atomic E-state index is 0.574. The molecule has 0 saturated carbocycles. The zero-order chi connectivity index (χ0) is 16.1. The van der Waals surface area contributed by atoms with E-state index >= 15 is 0 Å². The zero-order valence-electron chi connectivity index (χ0n) is 13.7. The third-order valence-electron chi connectivity index (χ3n) is 4.59. The number of ether oxygens (including phenoxy) is 1. The van der Waals surface area contributed by atoms with Gasteiger partial charge in [0.1, 0.15) is 11.5 Å². The summed E-state index contributed by atoms with van der Waals surface area (Å²) < 4.78 is 5.84. The Balaban J connectivity index is 1.56. The lowest BCUT2D eigenvalue weighted by atomic mass is 9.97. The van der Waals surface area contributed by atoms with Gasteiger partial charge < -0.3 is 9.64 Å². The first-order chi connectivity index (χ1) is 11.2. The van der Waals surface area contributed by atoms with Crippen LogP contribution in [0.15, 0.2) is 48.5 Å². The van der Waals surface area contributed by atoms with Gasteiger partial charge in [0.2, 0.25) is 0 Å². The van der Waals surface area contributed by atoms with E-state index in [1.807, 2.05) is 36.4 Å². The van der Waals surface area contributed by atoms with Gasteiger partial charge in [-0.3, -0.25) is 0 Å². The van der Waals surface area contributed by atoms with Crippen LogP contribution in [0.3, 0.4) is 0 Å². The van der Waals surface area contributed by atoms with Crippen LogP contribution in [0, 0.1) is 0 Å². The predicted molar refractivity (Wildman–Crippen MR) is 96.7 cm³/mol. The maximum absolute atomic E-state index is 6.13. The summed E-state index contributed by atoms with van der Waals surface area (Å²) in [5.41, 5.74) is 1.37. The predicted octanol–water partition coefficient (Wildman–Crippen LogP) is 5.72. The Morgan fingerprint density at radius 3 is 2.43 bits per heavy atom. The van der Waals surface area contributed by atoms with Crippen LogP contribution in [0.4, 0.5) is 0 Å². The summed E-state index contributed by atoms with van der Waals surface area (Å²) in [6.45, 7) is 6.06. The quantitative estimate of drug-likeness (QED) is 0.671. The maximum atomic E-state index is 6.13. The molecule has 1 aliphatic rings. The third-order valence-corrected chi connectivity index (χ3v) is 4.90. The normalized spacial score (nSPS) is 16.4. The van der Waals surface area contributed by atoms with Crippen molar-refractivity contribution in [3.63, 3.8) is 0 Å². The molecule has 23 heavy (non-hydrogen) atoms. The van der Waals surface area contributed by atoms with Gasteiger partial charge in [0, 0.05) is 0 Å². The fourth-order valence-electron chi connectivity index (χ4n) is 3.07. The fraction of sp³-hybridized carbons (Fsp3) is 0.400. The van der Waals surface area contributed by atoms with Gasteiger partial charge in [-0.05, 0) is 74.6 Å². The van der Waals surface area contributed by atoms with Gasteiger partial charge in [0.15, 0.2) is 0 Å². The first kappa shape index (κ1) is 16.4. The molecule has 2 aromatic carbocycles. The molecule has 1 heterocycles. The fourth-order valence-corrected chi connectivity index (χ4v) is 3.24. The Kier molecular flexibility index (Phi) is 5.58. The second-order valence-corrected chi connectivity index (χ2v) is 6.75. The molecule has 0 amide bonds. The first-order valence-corrected chi connectivity index (χ1v) is 8.85. The molecule has 0 N–H and O–H groups in total. The van der Waals surface area contributed by atoms with E-state index in [0.717, 1.165) is 5.75 Å². The number of para-hydroxylation sites is 1. The molecule has 1 atom stereocenters. The Morgan fingerprint density at radius 1 is 1.04 bits per heavy atom. The van der Waals surface area contributed by atoms with Gasteiger partial charge in [-0.1, -0.05) is 42.8 Å². The van der Waals surface area contributed by atoms with E-state index in [2.05, 4.69) is 24.0 Å². The van der Waals surface area contributed by atoms with Crippen molar-refractivity contribution in [3.8, 4) is 11.5 Å². The van der Waals surface area contributed by atoms with Crippen molar-refractivity contribution in [1.82, 2.24) is 4.90 Å². The molecule has 0 aliphatic carbocycles. The number of nitrogens with zero attached hydrogens (tertiary/aromatic N) is 1. The van der Waals surface area contributed by atoms with E-state index in [4.69, 9.17) is 16.3 Å². The molecule has 1 fully saturated rings. The minimum atomic E-state index is 0.574. The summed E-state index contributed by atoms with van der Waals surface area (Å²) in [5, 5.41) is 0.635. The van der Waals surface area contributed by atoms with Gasteiger partial charge >= 0.3 is 0 Å². The van der Waals surface area contributed by atoms with E-state index in [9.17, 15) is 0 Å². The van der Waals surface area contributed by atoms with E-state index in [1.165, 1.54) is 44.5 Å². The molecule has 1 saturated heterocycles. The number of halogens is 1. The second-order valence-electron chi connectivity index (χ2n) is 6.34.